The lowest BCUT2D eigenvalue weighted by atomic mass is 9.85. The number of nitrogens with one attached hydrogen (secondary N) is 2. The summed E-state index contributed by atoms with van der Waals surface area (Å²) in [5.41, 5.74) is 0.963. The van der Waals surface area contributed by atoms with Gasteiger partial charge in [0, 0.05) is 17.5 Å². The minimum atomic E-state index is -0.857. The van der Waals surface area contributed by atoms with Crippen LogP contribution >= 0.6 is 0 Å². The van der Waals surface area contributed by atoms with Gasteiger partial charge in [-0.05, 0) is 55.8 Å². The van der Waals surface area contributed by atoms with Crippen molar-refractivity contribution in [3.63, 3.8) is 0 Å². The highest BCUT2D eigenvalue weighted by molar-refractivity contribution is 5.96. The van der Waals surface area contributed by atoms with Crippen molar-refractivity contribution in [2.24, 2.45) is 0 Å². The number of hydrogen-bond donors (Lipinski definition) is 3. The monoisotopic (exact) mass is 368 g/mol. The molecule has 1 aromatic heterocycles. The van der Waals surface area contributed by atoms with Crippen LogP contribution in [0.25, 0.3) is 11.0 Å². The number of carbonyl (C=O) groups excluding carboxylic acids is 1. The molecule has 0 saturated carbocycles. The second kappa shape index (κ2) is 7.13. The Labute approximate surface area is 156 Å². The Morgan fingerprint density at radius 2 is 1.96 bits per heavy atom. The second-order valence-corrected chi connectivity index (χ2v) is 6.92. The standard InChI is InChI=1S/C21H21FN2O3/c22-17-4-2-1-3-14(17)13-24-20(25)19-12-15-11-16(5-6-18(15)27-19)21(26)7-9-23-10-8-21/h1-6,11-12,23,26H,7-10,13H2,(H,24,25). The first-order chi connectivity index (χ1) is 13.0. The molecule has 6 heteroatoms. The van der Waals surface area contributed by atoms with Crippen molar-refractivity contribution in [3.8, 4) is 0 Å². The minimum Gasteiger partial charge on any atom is -0.451 e. The van der Waals surface area contributed by atoms with E-state index in [1.165, 1.54) is 6.07 Å². The lowest BCUT2D eigenvalue weighted by molar-refractivity contribution is 0.00605. The molecule has 0 bridgehead atoms. The van der Waals surface area contributed by atoms with E-state index in [1.54, 1.807) is 30.3 Å². The molecule has 0 radical (unpaired) electrons. The fourth-order valence-electron chi connectivity index (χ4n) is 3.48. The number of aliphatic hydroxyl groups is 1. The lowest BCUT2D eigenvalue weighted by Gasteiger charge is -2.33. The molecule has 27 heavy (non-hydrogen) atoms. The van der Waals surface area contributed by atoms with Crippen LogP contribution in [0.3, 0.4) is 0 Å². The van der Waals surface area contributed by atoms with Crippen LogP contribution in [0.1, 0.15) is 34.5 Å². The van der Waals surface area contributed by atoms with E-state index < -0.39 is 11.5 Å². The smallest absolute Gasteiger partial charge is 0.287 e. The Morgan fingerprint density at radius 1 is 1.19 bits per heavy atom. The molecule has 1 amide bonds. The van der Waals surface area contributed by atoms with Crippen molar-refractivity contribution in [2.75, 3.05) is 13.1 Å². The molecule has 1 saturated heterocycles. The summed E-state index contributed by atoms with van der Waals surface area (Å²) >= 11 is 0. The van der Waals surface area contributed by atoms with Crippen LogP contribution in [-0.4, -0.2) is 24.1 Å². The maximum absolute atomic E-state index is 13.7. The fourth-order valence-corrected chi connectivity index (χ4v) is 3.48. The molecule has 1 aliphatic rings. The number of rotatable bonds is 4. The Balaban J connectivity index is 1.52. The Hall–Kier alpha value is -2.70. The molecular formula is C21H21FN2O3. The average Bonchev–Trinajstić information content (AvgIpc) is 3.11. The second-order valence-electron chi connectivity index (χ2n) is 6.92. The molecule has 140 valence electrons. The first-order valence-electron chi connectivity index (χ1n) is 9.04. The summed E-state index contributed by atoms with van der Waals surface area (Å²) in [5.74, 6) is -0.602. The van der Waals surface area contributed by atoms with E-state index in [0.29, 0.717) is 24.0 Å². The number of piperidine rings is 1. The quantitative estimate of drug-likeness (QED) is 0.662. The van der Waals surface area contributed by atoms with Crippen molar-refractivity contribution in [1.82, 2.24) is 10.6 Å². The lowest BCUT2D eigenvalue weighted by Crippen LogP contribution is -2.39. The molecule has 2 heterocycles. The third-order valence-electron chi connectivity index (χ3n) is 5.11. The molecule has 3 aromatic rings. The van der Waals surface area contributed by atoms with Crippen molar-refractivity contribution in [2.45, 2.75) is 25.0 Å². The zero-order valence-electron chi connectivity index (χ0n) is 14.8. The Bertz CT molecular complexity index is 976. The normalized spacial score (nSPS) is 16.4. The highest BCUT2D eigenvalue weighted by Gasteiger charge is 2.31. The van der Waals surface area contributed by atoms with Gasteiger partial charge in [-0.3, -0.25) is 4.79 Å². The number of furan rings is 1. The topological polar surface area (TPSA) is 74.5 Å². The van der Waals surface area contributed by atoms with E-state index in [9.17, 15) is 14.3 Å². The van der Waals surface area contributed by atoms with Gasteiger partial charge in [0.2, 0.25) is 0 Å². The van der Waals surface area contributed by atoms with Gasteiger partial charge in [0.05, 0.1) is 5.60 Å². The zero-order chi connectivity index (χ0) is 18.9. The average molecular weight is 368 g/mol. The number of hydrogen-bond acceptors (Lipinski definition) is 4. The van der Waals surface area contributed by atoms with Crippen molar-refractivity contribution < 1.29 is 18.7 Å². The fraction of sp³-hybridized carbons (Fsp3) is 0.286. The van der Waals surface area contributed by atoms with Crippen LogP contribution in [0.15, 0.2) is 52.9 Å². The van der Waals surface area contributed by atoms with Crippen LogP contribution in [0.2, 0.25) is 0 Å². The summed E-state index contributed by atoms with van der Waals surface area (Å²) < 4.78 is 19.3. The molecule has 0 atom stereocenters. The zero-order valence-corrected chi connectivity index (χ0v) is 14.8. The Kier molecular flexibility index (Phi) is 4.68. The van der Waals surface area contributed by atoms with E-state index >= 15 is 0 Å². The number of benzene rings is 2. The van der Waals surface area contributed by atoms with E-state index in [-0.39, 0.29) is 18.1 Å². The number of halogens is 1. The molecular weight excluding hydrogens is 347 g/mol. The van der Waals surface area contributed by atoms with Gasteiger partial charge >= 0.3 is 0 Å². The molecule has 2 aromatic carbocycles. The van der Waals surface area contributed by atoms with E-state index in [1.807, 2.05) is 12.1 Å². The third kappa shape index (κ3) is 3.59. The summed E-state index contributed by atoms with van der Waals surface area (Å²) in [5, 5.41) is 17.5. The summed E-state index contributed by atoms with van der Waals surface area (Å²) in [6.07, 6.45) is 1.29. The van der Waals surface area contributed by atoms with Gasteiger partial charge in [-0.2, -0.15) is 0 Å². The first kappa shape index (κ1) is 17.7. The van der Waals surface area contributed by atoms with E-state index in [2.05, 4.69) is 10.6 Å². The van der Waals surface area contributed by atoms with E-state index in [4.69, 9.17) is 4.42 Å². The minimum absolute atomic E-state index is 0.0839. The maximum Gasteiger partial charge on any atom is 0.287 e. The summed E-state index contributed by atoms with van der Waals surface area (Å²) in [6, 6.07) is 13.5. The van der Waals surface area contributed by atoms with Gasteiger partial charge in [0.15, 0.2) is 5.76 Å². The molecule has 1 fully saturated rings. The number of carbonyl (C=O) groups is 1. The van der Waals surface area contributed by atoms with Crippen molar-refractivity contribution >= 4 is 16.9 Å². The van der Waals surface area contributed by atoms with Crippen molar-refractivity contribution in [1.29, 1.82) is 0 Å². The van der Waals surface area contributed by atoms with Gasteiger partial charge in [0.1, 0.15) is 11.4 Å². The largest absolute Gasteiger partial charge is 0.451 e. The molecule has 3 N–H and O–H groups in total. The summed E-state index contributed by atoms with van der Waals surface area (Å²) in [7, 11) is 0. The molecule has 0 aliphatic carbocycles. The van der Waals surface area contributed by atoms with Crippen LogP contribution < -0.4 is 10.6 Å². The number of amides is 1. The van der Waals surface area contributed by atoms with Gasteiger partial charge in [-0.15, -0.1) is 0 Å². The Morgan fingerprint density at radius 3 is 2.74 bits per heavy atom. The van der Waals surface area contributed by atoms with Crippen molar-refractivity contribution in [3.05, 3.63) is 71.2 Å². The third-order valence-corrected chi connectivity index (χ3v) is 5.11. The van der Waals surface area contributed by atoms with Gasteiger partial charge < -0.3 is 20.2 Å². The van der Waals surface area contributed by atoms with Gasteiger partial charge in [-0.1, -0.05) is 24.3 Å². The maximum atomic E-state index is 13.7. The summed E-state index contributed by atoms with van der Waals surface area (Å²) in [4.78, 5) is 12.4. The molecule has 1 aliphatic heterocycles. The predicted molar refractivity (Wildman–Crippen MR) is 99.8 cm³/mol. The van der Waals surface area contributed by atoms with E-state index in [0.717, 1.165) is 24.0 Å². The van der Waals surface area contributed by atoms with Crippen LogP contribution in [0.5, 0.6) is 0 Å². The van der Waals surface area contributed by atoms with Crippen LogP contribution in [0, 0.1) is 5.82 Å². The van der Waals surface area contributed by atoms with Gasteiger partial charge in [0.25, 0.3) is 5.91 Å². The van der Waals surface area contributed by atoms with Gasteiger partial charge in [-0.25, -0.2) is 4.39 Å². The predicted octanol–water partition coefficient (Wildman–Crippen LogP) is 3.07. The highest BCUT2D eigenvalue weighted by Crippen LogP contribution is 2.33. The SMILES string of the molecule is O=C(NCc1ccccc1F)c1cc2cc(C3(O)CCNCC3)ccc2o1. The molecule has 5 nitrogen and oxygen atoms in total. The number of fused-ring (bicyclic) bond motifs is 1. The van der Waals surface area contributed by atoms with Crippen LogP contribution in [-0.2, 0) is 12.1 Å². The first-order valence-corrected chi connectivity index (χ1v) is 9.04. The van der Waals surface area contributed by atoms with Crippen LogP contribution in [0.4, 0.5) is 4.39 Å². The highest BCUT2D eigenvalue weighted by atomic mass is 19.1. The summed E-state index contributed by atoms with van der Waals surface area (Å²) in [6.45, 7) is 1.62. The molecule has 4 rings (SSSR count). The molecule has 0 spiro atoms. The molecule has 0 unspecified atom stereocenters.